The molecule has 0 saturated heterocycles. The van der Waals surface area contributed by atoms with E-state index in [0.29, 0.717) is 0 Å². The Hall–Kier alpha value is -2.55. The van der Waals surface area contributed by atoms with Gasteiger partial charge in [-0.05, 0) is 48.2 Å². The van der Waals surface area contributed by atoms with Crippen molar-refractivity contribution in [3.8, 4) is 0 Å². The minimum Gasteiger partial charge on any atom is -0.399 e. The Kier molecular flexibility index (Phi) is 3.73. The van der Waals surface area contributed by atoms with Crippen LogP contribution >= 0.6 is 0 Å². The smallest absolute Gasteiger partial charge is 0.250 e. The molecule has 3 nitrogen and oxygen atoms in total. The van der Waals surface area contributed by atoms with Crippen molar-refractivity contribution in [3.63, 3.8) is 0 Å². The van der Waals surface area contributed by atoms with Gasteiger partial charge in [0.2, 0.25) is 0 Å². The number of fused-ring (bicyclic) bond motifs is 1. The van der Waals surface area contributed by atoms with Crippen LogP contribution < -0.4 is 10.6 Å². The molecule has 1 aliphatic heterocycles. The molecule has 2 aromatic rings. The summed E-state index contributed by atoms with van der Waals surface area (Å²) in [5.41, 5.74) is 9.74. The Labute approximate surface area is 124 Å². The standard InChI is InChI=1S/C18H18N2O/c19-16-9-10-17-15(13-16)7-4-12-20(17)18(21)11-8-14-5-2-1-3-6-14/h1-3,5-6,8-11,13H,4,7,12,19H2. The van der Waals surface area contributed by atoms with E-state index in [1.165, 1.54) is 0 Å². The number of rotatable bonds is 2. The lowest BCUT2D eigenvalue weighted by molar-refractivity contribution is -0.114. The van der Waals surface area contributed by atoms with Gasteiger partial charge in [0.25, 0.3) is 5.91 Å². The largest absolute Gasteiger partial charge is 0.399 e. The molecule has 0 radical (unpaired) electrons. The molecule has 0 unspecified atom stereocenters. The van der Waals surface area contributed by atoms with E-state index < -0.39 is 0 Å². The summed E-state index contributed by atoms with van der Waals surface area (Å²) in [6.07, 6.45) is 5.45. The molecule has 0 saturated carbocycles. The van der Waals surface area contributed by atoms with Crippen molar-refractivity contribution in [2.75, 3.05) is 17.2 Å². The van der Waals surface area contributed by atoms with Gasteiger partial charge in [0, 0.05) is 24.0 Å². The second-order valence-corrected chi connectivity index (χ2v) is 5.23. The van der Waals surface area contributed by atoms with Gasteiger partial charge in [-0.1, -0.05) is 30.3 Å². The molecule has 0 atom stereocenters. The van der Waals surface area contributed by atoms with Crippen LogP contribution in [0.15, 0.2) is 54.6 Å². The van der Waals surface area contributed by atoms with E-state index >= 15 is 0 Å². The average molecular weight is 278 g/mol. The number of nitrogens with zero attached hydrogens (tertiary/aromatic N) is 1. The number of nitrogens with two attached hydrogens (primary N) is 1. The quantitative estimate of drug-likeness (QED) is 0.677. The highest BCUT2D eigenvalue weighted by atomic mass is 16.2. The molecule has 2 aromatic carbocycles. The molecule has 3 rings (SSSR count). The van der Waals surface area contributed by atoms with Gasteiger partial charge in [-0.25, -0.2) is 0 Å². The number of anilines is 2. The number of carbonyl (C=O) groups excluding carboxylic acids is 1. The zero-order valence-corrected chi connectivity index (χ0v) is 11.8. The van der Waals surface area contributed by atoms with Gasteiger partial charge in [0.05, 0.1) is 0 Å². The van der Waals surface area contributed by atoms with Gasteiger partial charge in [-0.15, -0.1) is 0 Å². The molecule has 3 heteroatoms. The predicted octanol–water partition coefficient (Wildman–Crippen LogP) is 3.26. The SMILES string of the molecule is Nc1ccc2c(c1)CCCN2C(=O)C=Cc1ccccc1. The lowest BCUT2D eigenvalue weighted by atomic mass is 10.0. The number of hydrogen-bond donors (Lipinski definition) is 1. The fraction of sp³-hybridized carbons (Fsp3) is 0.167. The topological polar surface area (TPSA) is 46.3 Å². The van der Waals surface area contributed by atoms with E-state index in [0.717, 1.165) is 41.9 Å². The van der Waals surface area contributed by atoms with Crippen LogP contribution in [0.25, 0.3) is 6.08 Å². The normalized spacial score (nSPS) is 14.2. The lowest BCUT2D eigenvalue weighted by Gasteiger charge is -2.28. The van der Waals surface area contributed by atoms with Crippen LogP contribution in [0.2, 0.25) is 0 Å². The molecule has 0 spiro atoms. The van der Waals surface area contributed by atoms with Crippen LogP contribution in [-0.2, 0) is 11.2 Å². The number of carbonyl (C=O) groups is 1. The van der Waals surface area contributed by atoms with Crippen molar-refractivity contribution in [1.82, 2.24) is 0 Å². The monoisotopic (exact) mass is 278 g/mol. The summed E-state index contributed by atoms with van der Waals surface area (Å²) >= 11 is 0. The van der Waals surface area contributed by atoms with Crippen molar-refractivity contribution in [3.05, 3.63) is 65.7 Å². The van der Waals surface area contributed by atoms with Crippen LogP contribution in [0.3, 0.4) is 0 Å². The first-order chi connectivity index (χ1) is 10.2. The van der Waals surface area contributed by atoms with Crippen molar-refractivity contribution >= 4 is 23.4 Å². The third-order valence-corrected chi connectivity index (χ3v) is 3.71. The minimum absolute atomic E-state index is 0.0181. The van der Waals surface area contributed by atoms with Crippen LogP contribution in [0.1, 0.15) is 17.5 Å². The first-order valence-corrected chi connectivity index (χ1v) is 7.17. The Morgan fingerprint density at radius 3 is 2.76 bits per heavy atom. The van der Waals surface area contributed by atoms with E-state index in [2.05, 4.69) is 0 Å². The highest BCUT2D eigenvalue weighted by Gasteiger charge is 2.20. The molecule has 1 amide bonds. The summed E-state index contributed by atoms with van der Waals surface area (Å²) in [5.74, 6) is 0.0181. The van der Waals surface area contributed by atoms with Gasteiger partial charge in [0.15, 0.2) is 0 Å². The van der Waals surface area contributed by atoms with Gasteiger partial charge in [0.1, 0.15) is 0 Å². The third kappa shape index (κ3) is 2.97. The van der Waals surface area contributed by atoms with Crippen molar-refractivity contribution < 1.29 is 4.79 Å². The van der Waals surface area contributed by atoms with Crippen molar-refractivity contribution in [1.29, 1.82) is 0 Å². The third-order valence-electron chi connectivity index (χ3n) is 3.71. The van der Waals surface area contributed by atoms with E-state index in [1.54, 1.807) is 6.08 Å². The molecule has 0 bridgehead atoms. The summed E-state index contributed by atoms with van der Waals surface area (Å²) in [4.78, 5) is 14.3. The Bertz CT molecular complexity index is 677. The zero-order chi connectivity index (χ0) is 14.7. The molecule has 2 N–H and O–H groups in total. The number of aryl methyl sites for hydroxylation is 1. The Balaban J connectivity index is 1.82. The summed E-state index contributed by atoms with van der Waals surface area (Å²) in [5, 5.41) is 0. The van der Waals surface area contributed by atoms with Crippen LogP contribution in [0.5, 0.6) is 0 Å². The molecule has 21 heavy (non-hydrogen) atoms. The average Bonchev–Trinajstić information content (AvgIpc) is 2.52. The maximum absolute atomic E-state index is 12.4. The van der Waals surface area contributed by atoms with E-state index in [-0.39, 0.29) is 5.91 Å². The molecule has 1 aliphatic rings. The Morgan fingerprint density at radius 2 is 1.95 bits per heavy atom. The maximum Gasteiger partial charge on any atom is 0.250 e. The van der Waals surface area contributed by atoms with E-state index in [9.17, 15) is 4.79 Å². The maximum atomic E-state index is 12.4. The summed E-state index contributed by atoms with van der Waals surface area (Å²) in [7, 11) is 0. The van der Waals surface area contributed by atoms with Crippen LogP contribution in [0, 0.1) is 0 Å². The van der Waals surface area contributed by atoms with Crippen LogP contribution in [0.4, 0.5) is 11.4 Å². The molecule has 0 aliphatic carbocycles. The van der Waals surface area contributed by atoms with E-state index in [1.807, 2.05) is 59.5 Å². The second-order valence-electron chi connectivity index (χ2n) is 5.23. The minimum atomic E-state index is 0.0181. The highest BCUT2D eigenvalue weighted by molar-refractivity contribution is 6.04. The van der Waals surface area contributed by atoms with Gasteiger partial charge < -0.3 is 10.6 Å². The number of amides is 1. The predicted molar refractivity (Wildman–Crippen MR) is 87.0 cm³/mol. The van der Waals surface area contributed by atoms with Crippen molar-refractivity contribution in [2.24, 2.45) is 0 Å². The van der Waals surface area contributed by atoms with Gasteiger partial charge in [-0.2, -0.15) is 0 Å². The molecule has 106 valence electrons. The second kappa shape index (κ2) is 5.83. The first kappa shape index (κ1) is 13.4. The lowest BCUT2D eigenvalue weighted by Crippen LogP contribution is -2.34. The zero-order valence-electron chi connectivity index (χ0n) is 11.8. The van der Waals surface area contributed by atoms with Gasteiger partial charge >= 0.3 is 0 Å². The highest BCUT2D eigenvalue weighted by Crippen LogP contribution is 2.29. The van der Waals surface area contributed by atoms with Crippen molar-refractivity contribution in [2.45, 2.75) is 12.8 Å². The number of hydrogen-bond acceptors (Lipinski definition) is 2. The molecular formula is C18H18N2O. The molecule has 0 aromatic heterocycles. The summed E-state index contributed by atoms with van der Waals surface area (Å²) in [6, 6.07) is 15.6. The Morgan fingerprint density at radius 1 is 1.14 bits per heavy atom. The molecular weight excluding hydrogens is 260 g/mol. The summed E-state index contributed by atoms with van der Waals surface area (Å²) < 4.78 is 0. The number of benzene rings is 2. The number of nitrogen functional groups attached to an aromatic ring is 1. The van der Waals surface area contributed by atoms with Crippen LogP contribution in [-0.4, -0.2) is 12.5 Å². The van der Waals surface area contributed by atoms with Gasteiger partial charge in [-0.3, -0.25) is 4.79 Å². The molecule has 1 heterocycles. The fourth-order valence-electron chi connectivity index (χ4n) is 2.67. The summed E-state index contributed by atoms with van der Waals surface area (Å²) in [6.45, 7) is 0.759. The molecule has 0 fully saturated rings. The van der Waals surface area contributed by atoms with E-state index in [4.69, 9.17) is 5.73 Å². The fourth-order valence-corrected chi connectivity index (χ4v) is 2.67. The first-order valence-electron chi connectivity index (χ1n) is 7.17.